The van der Waals surface area contributed by atoms with Crippen molar-refractivity contribution in [3.63, 3.8) is 0 Å². The number of nitro benzene ring substituents is 1. The Bertz CT molecular complexity index is 814. The number of benzene rings is 2. The Hall–Kier alpha value is -2.81. The molecule has 0 heterocycles. The Labute approximate surface area is 160 Å². The smallest absolute Gasteiger partial charge is 0.276 e. The van der Waals surface area contributed by atoms with Crippen molar-refractivity contribution in [3.8, 4) is 11.5 Å². The molecule has 0 bridgehead atoms. The summed E-state index contributed by atoms with van der Waals surface area (Å²) in [5.41, 5.74) is 0.340. The van der Waals surface area contributed by atoms with E-state index in [2.05, 4.69) is 5.32 Å². The number of nitrogens with one attached hydrogen (secondary N) is 1. The summed E-state index contributed by atoms with van der Waals surface area (Å²) in [7, 11) is 2.85. The van der Waals surface area contributed by atoms with E-state index in [-0.39, 0.29) is 41.9 Å². The summed E-state index contributed by atoms with van der Waals surface area (Å²) in [5, 5.41) is 14.0. The molecule has 0 saturated carbocycles. The number of hydrogen-bond acceptors (Lipinski definition) is 6. The minimum absolute atomic E-state index is 0.0948. The van der Waals surface area contributed by atoms with Gasteiger partial charge in [-0.05, 0) is 36.8 Å². The maximum absolute atomic E-state index is 12.9. The van der Waals surface area contributed by atoms with Crippen molar-refractivity contribution in [2.24, 2.45) is 0 Å². The number of amides is 1. The normalized spacial score (nSPS) is 10.3. The highest BCUT2D eigenvalue weighted by Crippen LogP contribution is 2.34. The van der Waals surface area contributed by atoms with Gasteiger partial charge >= 0.3 is 0 Å². The predicted molar refractivity (Wildman–Crippen MR) is 100 cm³/mol. The van der Waals surface area contributed by atoms with Crippen LogP contribution in [0.15, 0.2) is 41.3 Å². The van der Waals surface area contributed by atoms with Crippen LogP contribution in [0.5, 0.6) is 11.5 Å². The molecule has 7 nitrogen and oxygen atoms in total. The van der Waals surface area contributed by atoms with Crippen molar-refractivity contribution in [1.29, 1.82) is 0 Å². The lowest BCUT2D eigenvalue weighted by atomic mass is 10.1. The van der Waals surface area contributed by atoms with Crippen molar-refractivity contribution in [1.82, 2.24) is 5.32 Å². The van der Waals surface area contributed by atoms with Gasteiger partial charge in [-0.2, -0.15) is 0 Å². The van der Waals surface area contributed by atoms with Crippen LogP contribution in [0.2, 0.25) is 0 Å². The maximum Gasteiger partial charge on any atom is 0.276 e. The van der Waals surface area contributed by atoms with Gasteiger partial charge in [0.2, 0.25) is 5.91 Å². The van der Waals surface area contributed by atoms with Gasteiger partial charge < -0.3 is 14.8 Å². The minimum atomic E-state index is -0.497. The van der Waals surface area contributed by atoms with E-state index in [0.29, 0.717) is 11.3 Å². The van der Waals surface area contributed by atoms with E-state index < -0.39 is 4.92 Å². The van der Waals surface area contributed by atoms with Crippen molar-refractivity contribution >= 4 is 23.4 Å². The second kappa shape index (κ2) is 9.77. The first-order valence-corrected chi connectivity index (χ1v) is 8.97. The fraction of sp³-hybridized carbons (Fsp3) is 0.278. The Morgan fingerprint density at radius 1 is 1.19 bits per heavy atom. The molecule has 2 aromatic rings. The molecule has 1 N–H and O–H groups in total. The van der Waals surface area contributed by atoms with E-state index in [1.165, 1.54) is 50.2 Å². The van der Waals surface area contributed by atoms with Crippen molar-refractivity contribution in [2.45, 2.75) is 11.3 Å². The first-order chi connectivity index (χ1) is 12.9. The molecule has 0 radical (unpaired) electrons. The summed E-state index contributed by atoms with van der Waals surface area (Å²) in [4.78, 5) is 23.5. The van der Waals surface area contributed by atoms with Gasteiger partial charge in [0.05, 0.1) is 31.0 Å². The number of carbonyl (C=O) groups is 1. The Kier molecular flexibility index (Phi) is 7.42. The SMILES string of the molecule is COc1cc(CCNC(=O)CSc2ccc(F)cc2)c([N+](=O)[O-])cc1OC. The van der Waals surface area contributed by atoms with Gasteiger partial charge in [-0.25, -0.2) is 4.39 Å². The molecule has 0 unspecified atom stereocenters. The van der Waals surface area contributed by atoms with E-state index in [4.69, 9.17) is 9.47 Å². The molecule has 0 aliphatic heterocycles. The summed E-state index contributed by atoms with van der Waals surface area (Å²) in [5.74, 6) is 0.274. The monoisotopic (exact) mass is 394 g/mol. The summed E-state index contributed by atoms with van der Waals surface area (Å²) in [6.07, 6.45) is 0.267. The third-order valence-corrected chi connectivity index (χ3v) is 4.69. The van der Waals surface area contributed by atoms with Gasteiger partial charge in [0.15, 0.2) is 11.5 Å². The number of hydrogen-bond donors (Lipinski definition) is 1. The minimum Gasteiger partial charge on any atom is -0.493 e. The first kappa shape index (κ1) is 20.5. The molecule has 0 aromatic heterocycles. The number of nitro groups is 1. The molecule has 2 aromatic carbocycles. The lowest BCUT2D eigenvalue weighted by Gasteiger charge is -2.11. The second-order valence-corrected chi connectivity index (χ2v) is 6.48. The van der Waals surface area contributed by atoms with E-state index in [0.717, 1.165) is 4.90 Å². The standard InChI is InChI=1S/C18H19FN2O5S/c1-25-16-9-12(15(21(23)24)10-17(16)26-2)7-8-20-18(22)11-27-14-5-3-13(19)4-6-14/h3-6,9-10H,7-8,11H2,1-2H3,(H,20,22). The summed E-state index contributed by atoms with van der Waals surface area (Å²) < 4.78 is 23.1. The molecule has 0 aliphatic rings. The number of nitrogens with zero attached hydrogens (tertiary/aromatic N) is 1. The first-order valence-electron chi connectivity index (χ1n) is 7.99. The molecule has 0 saturated heterocycles. The van der Waals surface area contributed by atoms with Gasteiger partial charge in [0, 0.05) is 17.0 Å². The number of methoxy groups -OCH3 is 2. The summed E-state index contributed by atoms with van der Waals surface area (Å²) in [6.45, 7) is 0.235. The Morgan fingerprint density at radius 2 is 1.81 bits per heavy atom. The number of carbonyl (C=O) groups excluding carboxylic acids is 1. The summed E-state index contributed by atoms with van der Waals surface area (Å²) in [6, 6.07) is 8.70. The molecule has 2 rings (SSSR count). The second-order valence-electron chi connectivity index (χ2n) is 5.44. The van der Waals surface area contributed by atoms with Gasteiger partial charge in [-0.1, -0.05) is 0 Å². The lowest BCUT2D eigenvalue weighted by Crippen LogP contribution is -2.27. The van der Waals surface area contributed by atoms with Crippen molar-refractivity contribution < 1.29 is 23.6 Å². The quantitative estimate of drug-likeness (QED) is 0.399. The molecule has 27 heavy (non-hydrogen) atoms. The maximum atomic E-state index is 12.9. The van der Waals surface area contributed by atoms with Gasteiger partial charge in [0.1, 0.15) is 5.82 Å². The van der Waals surface area contributed by atoms with Crippen LogP contribution in [-0.4, -0.2) is 37.3 Å². The van der Waals surface area contributed by atoms with E-state index in [1.54, 1.807) is 12.1 Å². The van der Waals surface area contributed by atoms with Crippen LogP contribution in [-0.2, 0) is 11.2 Å². The third kappa shape index (κ3) is 5.85. The highest BCUT2D eigenvalue weighted by molar-refractivity contribution is 8.00. The van der Waals surface area contributed by atoms with Crippen LogP contribution in [0.4, 0.5) is 10.1 Å². The molecular formula is C18H19FN2O5S. The number of ether oxygens (including phenoxy) is 2. The molecule has 0 atom stereocenters. The topological polar surface area (TPSA) is 90.7 Å². The highest BCUT2D eigenvalue weighted by atomic mass is 32.2. The lowest BCUT2D eigenvalue weighted by molar-refractivity contribution is -0.385. The zero-order chi connectivity index (χ0) is 19.8. The number of thioether (sulfide) groups is 1. The third-order valence-electron chi connectivity index (χ3n) is 3.68. The molecule has 0 aliphatic carbocycles. The van der Waals surface area contributed by atoms with Crippen LogP contribution in [0, 0.1) is 15.9 Å². The average molecular weight is 394 g/mol. The van der Waals surface area contributed by atoms with Crippen LogP contribution >= 0.6 is 11.8 Å². The Balaban J connectivity index is 1.92. The van der Waals surface area contributed by atoms with Crippen LogP contribution < -0.4 is 14.8 Å². The molecule has 0 fully saturated rings. The van der Waals surface area contributed by atoms with Crippen LogP contribution in [0.3, 0.4) is 0 Å². The van der Waals surface area contributed by atoms with E-state index in [1.807, 2.05) is 0 Å². The zero-order valence-electron chi connectivity index (χ0n) is 14.9. The van der Waals surface area contributed by atoms with Gasteiger partial charge in [-0.3, -0.25) is 14.9 Å². The Morgan fingerprint density at radius 3 is 2.41 bits per heavy atom. The van der Waals surface area contributed by atoms with Gasteiger partial charge in [0.25, 0.3) is 5.69 Å². The molecule has 1 amide bonds. The number of rotatable bonds is 9. The summed E-state index contributed by atoms with van der Waals surface area (Å²) >= 11 is 1.28. The van der Waals surface area contributed by atoms with Crippen LogP contribution in [0.1, 0.15) is 5.56 Å². The molecule has 144 valence electrons. The molecule has 9 heteroatoms. The van der Waals surface area contributed by atoms with Crippen molar-refractivity contribution in [2.75, 3.05) is 26.5 Å². The molecular weight excluding hydrogens is 375 g/mol. The highest BCUT2D eigenvalue weighted by Gasteiger charge is 2.19. The largest absolute Gasteiger partial charge is 0.493 e. The van der Waals surface area contributed by atoms with Crippen molar-refractivity contribution in [3.05, 3.63) is 57.9 Å². The molecule has 0 spiro atoms. The predicted octanol–water partition coefficient (Wildman–Crippen LogP) is 3.20. The zero-order valence-corrected chi connectivity index (χ0v) is 15.7. The number of halogens is 1. The fourth-order valence-electron chi connectivity index (χ4n) is 2.35. The van der Waals surface area contributed by atoms with Gasteiger partial charge in [-0.15, -0.1) is 11.8 Å². The average Bonchev–Trinajstić information content (AvgIpc) is 2.66. The van der Waals surface area contributed by atoms with Crippen LogP contribution in [0.25, 0.3) is 0 Å². The van der Waals surface area contributed by atoms with E-state index in [9.17, 15) is 19.3 Å². The fourth-order valence-corrected chi connectivity index (χ4v) is 3.08. The van der Waals surface area contributed by atoms with E-state index >= 15 is 0 Å².